The largest absolute Gasteiger partial charge is 0.468 e. The molecule has 0 saturated heterocycles. The Bertz CT molecular complexity index is 304. The summed E-state index contributed by atoms with van der Waals surface area (Å²) >= 11 is 0. The highest BCUT2D eigenvalue weighted by Gasteiger charge is 2.42. The van der Waals surface area contributed by atoms with Crippen LogP contribution in [0.1, 0.15) is 31.9 Å². The van der Waals surface area contributed by atoms with Crippen LogP contribution in [0.25, 0.3) is 0 Å². The fourth-order valence-corrected chi connectivity index (χ4v) is 2.35. The third-order valence-corrected chi connectivity index (χ3v) is 3.60. The van der Waals surface area contributed by atoms with Crippen molar-refractivity contribution in [1.82, 2.24) is 4.90 Å². The van der Waals surface area contributed by atoms with Crippen LogP contribution in [0.3, 0.4) is 0 Å². The number of rotatable bonds is 7. The van der Waals surface area contributed by atoms with Crippen LogP contribution in [0.5, 0.6) is 0 Å². The summed E-state index contributed by atoms with van der Waals surface area (Å²) in [6.07, 6.45) is 5.61. The van der Waals surface area contributed by atoms with E-state index >= 15 is 0 Å². The van der Waals surface area contributed by atoms with Crippen molar-refractivity contribution in [2.45, 2.75) is 32.7 Å². The Morgan fingerprint density at radius 2 is 2.31 bits per heavy atom. The van der Waals surface area contributed by atoms with E-state index in [9.17, 15) is 0 Å². The maximum Gasteiger partial charge on any atom is 0.117 e. The standard InChI is InChI=1S/C13H22N2O/c1-2-15(10-12-4-3-9-16-12)11-13(5-6-13)7-8-14/h3-4,9H,2,5-8,10-11,14H2,1H3. The van der Waals surface area contributed by atoms with Crippen LogP contribution in [-0.4, -0.2) is 24.5 Å². The molecule has 1 aliphatic rings. The van der Waals surface area contributed by atoms with E-state index in [4.69, 9.17) is 10.2 Å². The number of hydrogen-bond donors (Lipinski definition) is 1. The van der Waals surface area contributed by atoms with Gasteiger partial charge in [-0.3, -0.25) is 4.90 Å². The first-order valence-electron chi connectivity index (χ1n) is 6.23. The number of hydrogen-bond acceptors (Lipinski definition) is 3. The van der Waals surface area contributed by atoms with Gasteiger partial charge >= 0.3 is 0 Å². The van der Waals surface area contributed by atoms with Crippen LogP contribution in [-0.2, 0) is 6.54 Å². The van der Waals surface area contributed by atoms with Gasteiger partial charge in [0.2, 0.25) is 0 Å². The molecule has 90 valence electrons. The van der Waals surface area contributed by atoms with Crippen molar-refractivity contribution in [3.05, 3.63) is 24.2 Å². The average molecular weight is 222 g/mol. The van der Waals surface area contributed by atoms with Crippen molar-refractivity contribution < 1.29 is 4.42 Å². The maximum absolute atomic E-state index is 5.67. The minimum Gasteiger partial charge on any atom is -0.468 e. The molecular formula is C13H22N2O. The van der Waals surface area contributed by atoms with Crippen LogP contribution < -0.4 is 5.73 Å². The Morgan fingerprint density at radius 1 is 1.50 bits per heavy atom. The second-order valence-corrected chi connectivity index (χ2v) is 4.92. The third kappa shape index (κ3) is 2.86. The quantitative estimate of drug-likeness (QED) is 0.769. The van der Waals surface area contributed by atoms with Crippen molar-refractivity contribution in [3.63, 3.8) is 0 Å². The van der Waals surface area contributed by atoms with Crippen LogP contribution in [0, 0.1) is 5.41 Å². The average Bonchev–Trinajstić information content (AvgIpc) is 2.84. The number of furan rings is 1. The van der Waals surface area contributed by atoms with Gasteiger partial charge in [0.25, 0.3) is 0 Å². The van der Waals surface area contributed by atoms with E-state index in [1.807, 2.05) is 12.1 Å². The zero-order chi connectivity index (χ0) is 11.4. The summed E-state index contributed by atoms with van der Waals surface area (Å²) < 4.78 is 5.39. The van der Waals surface area contributed by atoms with Gasteiger partial charge < -0.3 is 10.2 Å². The zero-order valence-corrected chi connectivity index (χ0v) is 10.1. The SMILES string of the molecule is CCN(Cc1ccco1)CC1(CCN)CC1. The molecule has 0 amide bonds. The minimum absolute atomic E-state index is 0.525. The van der Waals surface area contributed by atoms with Crippen molar-refractivity contribution in [2.24, 2.45) is 11.1 Å². The molecular weight excluding hydrogens is 200 g/mol. The molecule has 3 nitrogen and oxygen atoms in total. The van der Waals surface area contributed by atoms with Gasteiger partial charge in [-0.25, -0.2) is 0 Å². The first-order valence-corrected chi connectivity index (χ1v) is 6.23. The number of nitrogens with zero attached hydrogens (tertiary/aromatic N) is 1. The van der Waals surface area contributed by atoms with E-state index in [0.29, 0.717) is 5.41 Å². The molecule has 1 aromatic rings. The summed E-state index contributed by atoms with van der Waals surface area (Å²) in [4.78, 5) is 2.46. The molecule has 2 rings (SSSR count). The topological polar surface area (TPSA) is 42.4 Å². The third-order valence-electron chi connectivity index (χ3n) is 3.60. The van der Waals surface area contributed by atoms with Crippen molar-refractivity contribution in [2.75, 3.05) is 19.6 Å². The Kier molecular flexibility index (Phi) is 3.66. The van der Waals surface area contributed by atoms with Gasteiger partial charge in [0.1, 0.15) is 5.76 Å². The Morgan fingerprint density at radius 3 is 2.81 bits per heavy atom. The lowest BCUT2D eigenvalue weighted by molar-refractivity contribution is 0.201. The normalized spacial score (nSPS) is 17.9. The molecule has 1 aliphatic carbocycles. The summed E-state index contributed by atoms with van der Waals surface area (Å²) in [7, 11) is 0. The summed E-state index contributed by atoms with van der Waals surface area (Å²) in [5.41, 5.74) is 6.20. The molecule has 1 saturated carbocycles. The van der Waals surface area contributed by atoms with E-state index in [1.54, 1.807) is 6.26 Å². The molecule has 0 spiro atoms. The molecule has 0 bridgehead atoms. The van der Waals surface area contributed by atoms with Crippen molar-refractivity contribution >= 4 is 0 Å². The molecule has 2 N–H and O–H groups in total. The van der Waals surface area contributed by atoms with Crippen LogP contribution in [0.4, 0.5) is 0 Å². The van der Waals surface area contributed by atoms with Crippen LogP contribution in [0.2, 0.25) is 0 Å². The smallest absolute Gasteiger partial charge is 0.117 e. The predicted molar refractivity (Wildman–Crippen MR) is 65.0 cm³/mol. The molecule has 1 fully saturated rings. The molecule has 16 heavy (non-hydrogen) atoms. The molecule has 1 aromatic heterocycles. The van der Waals surface area contributed by atoms with Crippen LogP contribution >= 0.6 is 0 Å². The molecule has 0 unspecified atom stereocenters. The van der Waals surface area contributed by atoms with Gasteiger partial charge in [0.15, 0.2) is 0 Å². The van der Waals surface area contributed by atoms with Gasteiger partial charge in [-0.05, 0) is 49.9 Å². The molecule has 1 heterocycles. The van der Waals surface area contributed by atoms with Gasteiger partial charge in [0.05, 0.1) is 12.8 Å². The molecule has 0 aromatic carbocycles. The van der Waals surface area contributed by atoms with E-state index in [0.717, 1.165) is 25.4 Å². The maximum atomic E-state index is 5.67. The highest BCUT2D eigenvalue weighted by molar-refractivity contribution is 5.00. The van der Waals surface area contributed by atoms with Gasteiger partial charge in [-0.2, -0.15) is 0 Å². The van der Waals surface area contributed by atoms with E-state index in [2.05, 4.69) is 11.8 Å². The fraction of sp³-hybridized carbons (Fsp3) is 0.692. The molecule has 0 atom stereocenters. The van der Waals surface area contributed by atoms with E-state index in [1.165, 1.54) is 25.8 Å². The summed E-state index contributed by atoms with van der Waals surface area (Å²) in [5, 5.41) is 0. The van der Waals surface area contributed by atoms with Gasteiger partial charge in [0, 0.05) is 6.54 Å². The van der Waals surface area contributed by atoms with Gasteiger partial charge in [-0.15, -0.1) is 0 Å². The monoisotopic (exact) mass is 222 g/mol. The zero-order valence-electron chi connectivity index (χ0n) is 10.1. The Labute approximate surface area is 97.6 Å². The first-order chi connectivity index (χ1) is 7.78. The molecule has 0 aliphatic heterocycles. The van der Waals surface area contributed by atoms with Crippen LogP contribution in [0.15, 0.2) is 22.8 Å². The highest BCUT2D eigenvalue weighted by Crippen LogP contribution is 2.49. The summed E-state index contributed by atoms with van der Waals surface area (Å²) in [6.45, 7) is 6.20. The highest BCUT2D eigenvalue weighted by atomic mass is 16.3. The van der Waals surface area contributed by atoms with Crippen molar-refractivity contribution in [1.29, 1.82) is 0 Å². The second kappa shape index (κ2) is 5.02. The fourth-order valence-electron chi connectivity index (χ4n) is 2.35. The Balaban J connectivity index is 1.86. The second-order valence-electron chi connectivity index (χ2n) is 4.92. The van der Waals surface area contributed by atoms with Gasteiger partial charge in [-0.1, -0.05) is 6.92 Å². The Hall–Kier alpha value is -0.800. The summed E-state index contributed by atoms with van der Waals surface area (Å²) in [5.74, 6) is 1.06. The number of nitrogens with two attached hydrogens (primary N) is 1. The molecule has 0 radical (unpaired) electrons. The summed E-state index contributed by atoms with van der Waals surface area (Å²) in [6, 6.07) is 4.00. The predicted octanol–water partition coefficient (Wildman–Crippen LogP) is 2.23. The first kappa shape index (κ1) is 11.7. The van der Waals surface area contributed by atoms with Crippen molar-refractivity contribution in [3.8, 4) is 0 Å². The van der Waals surface area contributed by atoms with E-state index < -0.39 is 0 Å². The molecule has 3 heteroatoms. The lowest BCUT2D eigenvalue weighted by atomic mass is 10.0. The lowest BCUT2D eigenvalue weighted by Crippen LogP contribution is -2.31. The van der Waals surface area contributed by atoms with E-state index in [-0.39, 0.29) is 0 Å². The lowest BCUT2D eigenvalue weighted by Gasteiger charge is -2.25. The minimum atomic E-state index is 0.525.